The van der Waals surface area contributed by atoms with Crippen LogP contribution in [0.1, 0.15) is 0 Å². The van der Waals surface area contributed by atoms with Crippen LogP contribution in [-0.2, 0) is 20.1 Å². The minimum absolute atomic E-state index is 0. The number of anilines is 2. The number of nitrogens with zero attached hydrogens (tertiary/aromatic N) is 4. The zero-order valence-electron chi connectivity index (χ0n) is 9.86. The van der Waals surface area contributed by atoms with Crippen LogP contribution in [-0.4, -0.2) is 14.3 Å². The number of halogens is 3. The van der Waals surface area contributed by atoms with Gasteiger partial charge in [-0.2, -0.15) is 5.10 Å². The van der Waals surface area contributed by atoms with Gasteiger partial charge in [0.15, 0.2) is 0 Å². The van der Waals surface area contributed by atoms with Crippen molar-refractivity contribution in [1.82, 2.24) is 14.3 Å². The third kappa shape index (κ3) is 4.29. The van der Waals surface area contributed by atoms with Crippen LogP contribution >= 0.6 is 24.8 Å². The summed E-state index contributed by atoms with van der Waals surface area (Å²) in [6.07, 6.45) is 7.57. The molecule has 0 aliphatic rings. The van der Waals surface area contributed by atoms with Crippen LogP contribution in [0.2, 0.25) is 0 Å². The van der Waals surface area contributed by atoms with Crippen molar-refractivity contribution in [2.45, 2.75) is 13.1 Å². The number of hydrogen-bond acceptors (Lipinski definition) is 3. The van der Waals surface area contributed by atoms with Gasteiger partial charge in [0.1, 0.15) is 24.8 Å². The van der Waals surface area contributed by atoms with E-state index in [1.165, 1.54) is 0 Å². The number of nitrogens with two attached hydrogens (primary N) is 2. The van der Waals surface area contributed by atoms with Crippen molar-refractivity contribution in [3.63, 3.8) is 0 Å². The lowest BCUT2D eigenvalue weighted by molar-refractivity contribution is -0.671. The molecule has 0 aliphatic carbocycles. The highest BCUT2D eigenvalue weighted by atomic mass is 35.5. The molecule has 0 aliphatic heterocycles. The summed E-state index contributed by atoms with van der Waals surface area (Å²) in [7, 11) is 1.98. The molecule has 0 atom stereocenters. The first-order valence-electron chi connectivity index (χ1n) is 4.74. The Morgan fingerprint density at radius 3 is 2.39 bits per heavy atom. The monoisotopic (exact) mass is 314 g/mol. The standard InChI is InChI=1S/C9H15N6.3ClH/c1-13-2-3-14(7-13)4-5-15-9(11)8(10)6-12-15;;;/h2-3,6-7H,4-5,10-11H2,1H3;3*1H/q+1;;;/p-1. The fourth-order valence-corrected chi connectivity index (χ4v) is 1.43. The first-order chi connectivity index (χ1) is 7.16. The first-order valence-corrected chi connectivity index (χ1v) is 4.74. The number of aromatic nitrogens is 4. The van der Waals surface area contributed by atoms with Gasteiger partial charge in [-0.15, -0.1) is 24.8 Å². The van der Waals surface area contributed by atoms with Crippen molar-refractivity contribution >= 4 is 36.3 Å². The minimum atomic E-state index is 0. The fourth-order valence-electron chi connectivity index (χ4n) is 1.43. The molecule has 0 bridgehead atoms. The molecule has 0 spiro atoms. The maximum atomic E-state index is 5.73. The van der Waals surface area contributed by atoms with Crippen molar-refractivity contribution < 1.29 is 17.0 Å². The van der Waals surface area contributed by atoms with E-state index in [2.05, 4.69) is 9.67 Å². The molecule has 2 aromatic rings. The lowest BCUT2D eigenvalue weighted by Gasteiger charge is -2.01. The summed E-state index contributed by atoms with van der Waals surface area (Å²) in [5, 5.41) is 4.08. The number of aryl methyl sites for hydroxylation is 3. The quantitative estimate of drug-likeness (QED) is 0.602. The molecule has 0 unspecified atom stereocenters. The fraction of sp³-hybridized carbons (Fsp3) is 0.333. The Kier molecular flexibility index (Phi) is 8.63. The molecular weight excluding hydrogens is 298 g/mol. The average molecular weight is 316 g/mol. The summed E-state index contributed by atoms with van der Waals surface area (Å²) in [6, 6.07) is 0. The first kappa shape index (κ1) is 19.2. The molecule has 0 amide bonds. The lowest BCUT2D eigenvalue weighted by atomic mass is 10.5. The summed E-state index contributed by atoms with van der Waals surface area (Å²) >= 11 is 0. The van der Waals surface area contributed by atoms with E-state index in [4.69, 9.17) is 11.5 Å². The second-order valence-corrected chi connectivity index (χ2v) is 3.53. The second kappa shape index (κ2) is 8.07. The highest BCUT2D eigenvalue weighted by Gasteiger charge is 2.05. The molecule has 6 nitrogen and oxygen atoms in total. The predicted molar refractivity (Wildman–Crippen MR) is 71.2 cm³/mol. The van der Waals surface area contributed by atoms with Crippen molar-refractivity contribution in [2.75, 3.05) is 11.5 Å². The van der Waals surface area contributed by atoms with Crippen molar-refractivity contribution in [3.8, 4) is 0 Å². The van der Waals surface area contributed by atoms with Crippen LogP contribution in [0.4, 0.5) is 11.5 Å². The van der Waals surface area contributed by atoms with Crippen LogP contribution in [0.15, 0.2) is 24.9 Å². The summed E-state index contributed by atoms with van der Waals surface area (Å²) in [5.74, 6) is 0.534. The zero-order chi connectivity index (χ0) is 10.8. The molecule has 0 radical (unpaired) electrons. The van der Waals surface area contributed by atoms with E-state index >= 15 is 0 Å². The Morgan fingerprint density at radius 2 is 1.94 bits per heavy atom. The zero-order valence-corrected chi connectivity index (χ0v) is 12.3. The Morgan fingerprint density at radius 1 is 1.28 bits per heavy atom. The van der Waals surface area contributed by atoms with E-state index in [0.717, 1.165) is 13.1 Å². The molecule has 4 N–H and O–H groups in total. The summed E-state index contributed by atoms with van der Waals surface area (Å²) in [6.45, 7) is 1.55. The van der Waals surface area contributed by atoms with Crippen molar-refractivity contribution in [3.05, 3.63) is 24.9 Å². The molecule has 2 heterocycles. The lowest BCUT2D eigenvalue weighted by Crippen LogP contribution is -3.00. The van der Waals surface area contributed by atoms with Crippen LogP contribution in [0.25, 0.3) is 0 Å². The summed E-state index contributed by atoms with van der Waals surface area (Å²) in [4.78, 5) is 0. The molecule has 104 valence electrons. The maximum absolute atomic E-state index is 5.73. The van der Waals surface area contributed by atoms with Gasteiger partial charge in [0.2, 0.25) is 6.33 Å². The summed E-state index contributed by atoms with van der Waals surface area (Å²) in [5.41, 5.74) is 11.9. The molecule has 2 aromatic heterocycles. The van der Waals surface area contributed by atoms with Crippen LogP contribution in [0.5, 0.6) is 0 Å². The number of hydrogen-bond donors (Lipinski definition) is 2. The van der Waals surface area contributed by atoms with Gasteiger partial charge >= 0.3 is 0 Å². The van der Waals surface area contributed by atoms with E-state index in [0.29, 0.717) is 11.5 Å². The van der Waals surface area contributed by atoms with Crippen molar-refractivity contribution in [1.29, 1.82) is 0 Å². The second-order valence-electron chi connectivity index (χ2n) is 3.53. The van der Waals surface area contributed by atoms with Gasteiger partial charge in [-0.25, -0.2) is 13.8 Å². The normalized spacial score (nSPS) is 8.94. The molecule has 0 saturated carbocycles. The largest absolute Gasteiger partial charge is 1.00 e. The minimum Gasteiger partial charge on any atom is -1.00 e. The number of rotatable bonds is 3. The van der Waals surface area contributed by atoms with E-state index in [9.17, 15) is 0 Å². The molecule has 0 saturated heterocycles. The molecule has 18 heavy (non-hydrogen) atoms. The third-order valence-corrected chi connectivity index (χ3v) is 2.30. The van der Waals surface area contributed by atoms with Crippen LogP contribution in [0.3, 0.4) is 0 Å². The van der Waals surface area contributed by atoms with E-state index in [1.807, 2.05) is 30.3 Å². The van der Waals surface area contributed by atoms with Gasteiger partial charge in [0, 0.05) is 0 Å². The SMILES string of the molecule is C[n+]1ccn(CCn2ncc(N)c2N)c1.Cl.Cl.[Cl-]. The van der Waals surface area contributed by atoms with Gasteiger partial charge in [-0.1, -0.05) is 0 Å². The molecule has 0 fully saturated rings. The molecule has 9 heteroatoms. The Balaban J connectivity index is 0. The number of imidazole rings is 1. The summed E-state index contributed by atoms with van der Waals surface area (Å²) < 4.78 is 5.76. The van der Waals surface area contributed by atoms with Crippen LogP contribution < -0.4 is 28.4 Å². The Hall–Kier alpha value is -1.11. The maximum Gasteiger partial charge on any atom is 0.243 e. The average Bonchev–Trinajstić information content (AvgIpc) is 2.74. The van der Waals surface area contributed by atoms with E-state index in [1.54, 1.807) is 10.9 Å². The van der Waals surface area contributed by atoms with Gasteiger partial charge in [0.05, 0.1) is 25.5 Å². The smallest absolute Gasteiger partial charge is 0.243 e. The predicted octanol–water partition coefficient (Wildman–Crippen LogP) is -2.78. The molecular formula is C9H17Cl3N6. The van der Waals surface area contributed by atoms with Crippen LogP contribution in [0, 0.1) is 0 Å². The van der Waals surface area contributed by atoms with Gasteiger partial charge in [-0.3, -0.25) is 0 Å². The van der Waals surface area contributed by atoms with Gasteiger partial charge in [-0.05, 0) is 0 Å². The highest BCUT2D eigenvalue weighted by molar-refractivity contribution is 5.85. The third-order valence-electron chi connectivity index (χ3n) is 2.30. The Labute approximate surface area is 124 Å². The molecule has 2 rings (SSSR count). The highest BCUT2D eigenvalue weighted by Crippen LogP contribution is 2.11. The van der Waals surface area contributed by atoms with E-state index in [-0.39, 0.29) is 37.2 Å². The van der Waals surface area contributed by atoms with Gasteiger partial charge < -0.3 is 23.9 Å². The number of nitrogen functional groups attached to an aromatic ring is 2. The van der Waals surface area contributed by atoms with E-state index < -0.39 is 0 Å². The molecule has 0 aromatic carbocycles. The Bertz CT molecular complexity index is 467. The topological polar surface area (TPSA) is 78.7 Å². The van der Waals surface area contributed by atoms with Crippen molar-refractivity contribution in [2.24, 2.45) is 7.05 Å². The van der Waals surface area contributed by atoms with Gasteiger partial charge in [0.25, 0.3) is 0 Å².